The van der Waals surface area contributed by atoms with Crippen molar-refractivity contribution in [2.24, 2.45) is 0 Å². The molecule has 1 aromatic carbocycles. The van der Waals surface area contributed by atoms with Gasteiger partial charge in [0, 0.05) is 43.5 Å². The second-order valence-corrected chi connectivity index (χ2v) is 5.30. The molecular formula is C16H20N4. The van der Waals surface area contributed by atoms with Crippen molar-refractivity contribution in [3.63, 3.8) is 0 Å². The van der Waals surface area contributed by atoms with Crippen molar-refractivity contribution in [3.8, 4) is 11.4 Å². The smallest absolute Gasteiger partial charge is 0.161 e. The summed E-state index contributed by atoms with van der Waals surface area (Å²) in [7, 11) is 0. The molecule has 2 heterocycles. The largest absolute Gasteiger partial charge is 0.354 e. The molecule has 0 amide bonds. The lowest BCUT2D eigenvalue weighted by Gasteiger charge is -2.28. The second-order valence-electron chi connectivity index (χ2n) is 5.30. The summed E-state index contributed by atoms with van der Waals surface area (Å²) in [6.45, 7) is 8.17. The van der Waals surface area contributed by atoms with Crippen LogP contribution in [0.3, 0.4) is 0 Å². The number of aromatic nitrogens is 2. The van der Waals surface area contributed by atoms with Gasteiger partial charge in [0.15, 0.2) is 5.82 Å². The number of hydrogen-bond acceptors (Lipinski definition) is 4. The lowest BCUT2D eigenvalue weighted by Crippen LogP contribution is -2.44. The van der Waals surface area contributed by atoms with E-state index in [9.17, 15) is 0 Å². The van der Waals surface area contributed by atoms with Crippen LogP contribution in [0.25, 0.3) is 11.4 Å². The maximum atomic E-state index is 4.76. The van der Waals surface area contributed by atoms with E-state index >= 15 is 0 Å². The van der Waals surface area contributed by atoms with Gasteiger partial charge in [0.05, 0.1) is 0 Å². The number of rotatable bonds is 2. The first kappa shape index (κ1) is 13.1. The van der Waals surface area contributed by atoms with Crippen molar-refractivity contribution in [2.45, 2.75) is 13.8 Å². The Kier molecular flexibility index (Phi) is 3.65. The molecule has 104 valence electrons. The van der Waals surface area contributed by atoms with E-state index in [0.29, 0.717) is 0 Å². The number of aryl methyl sites for hydroxylation is 2. The van der Waals surface area contributed by atoms with Crippen LogP contribution >= 0.6 is 0 Å². The number of nitrogens with zero attached hydrogens (tertiary/aromatic N) is 3. The number of benzene rings is 1. The molecule has 0 aliphatic carbocycles. The van der Waals surface area contributed by atoms with Crippen molar-refractivity contribution >= 4 is 5.82 Å². The normalized spacial score (nSPS) is 15.4. The standard InChI is InChI=1S/C16H20N4/c1-12-4-3-5-14(10-12)16-18-13(2)11-15(19-16)20-8-6-17-7-9-20/h3-5,10-11,17H,6-9H2,1-2H3. The topological polar surface area (TPSA) is 41.1 Å². The molecule has 1 saturated heterocycles. The zero-order chi connectivity index (χ0) is 13.9. The minimum atomic E-state index is 0.822. The summed E-state index contributed by atoms with van der Waals surface area (Å²) in [6.07, 6.45) is 0. The fraction of sp³-hybridized carbons (Fsp3) is 0.375. The summed E-state index contributed by atoms with van der Waals surface area (Å²) in [4.78, 5) is 11.7. The van der Waals surface area contributed by atoms with E-state index in [4.69, 9.17) is 4.98 Å². The van der Waals surface area contributed by atoms with Gasteiger partial charge in [-0.1, -0.05) is 23.8 Å². The Morgan fingerprint density at radius 2 is 1.85 bits per heavy atom. The number of hydrogen-bond donors (Lipinski definition) is 1. The third-order valence-electron chi connectivity index (χ3n) is 3.56. The number of piperazine rings is 1. The summed E-state index contributed by atoms with van der Waals surface area (Å²) in [6, 6.07) is 10.4. The molecule has 1 N–H and O–H groups in total. The summed E-state index contributed by atoms with van der Waals surface area (Å²) in [5.74, 6) is 1.86. The van der Waals surface area contributed by atoms with Gasteiger partial charge in [-0.2, -0.15) is 0 Å². The van der Waals surface area contributed by atoms with Crippen LogP contribution in [-0.4, -0.2) is 36.1 Å². The monoisotopic (exact) mass is 268 g/mol. The van der Waals surface area contributed by atoms with Crippen LogP contribution in [0, 0.1) is 13.8 Å². The minimum absolute atomic E-state index is 0.822. The van der Waals surface area contributed by atoms with Crippen LogP contribution in [0.1, 0.15) is 11.3 Å². The molecule has 1 aliphatic rings. The van der Waals surface area contributed by atoms with Gasteiger partial charge in [-0.15, -0.1) is 0 Å². The van der Waals surface area contributed by atoms with Gasteiger partial charge in [0.2, 0.25) is 0 Å². The quantitative estimate of drug-likeness (QED) is 0.906. The highest BCUT2D eigenvalue weighted by Gasteiger charge is 2.14. The maximum absolute atomic E-state index is 4.76. The van der Waals surface area contributed by atoms with Crippen molar-refractivity contribution in [1.29, 1.82) is 0 Å². The Labute approximate surface area is 119 Å². The SMILES string of the molecule is Cc1cccc(-c2nc(C)cc(N3CCNCC3)n2)c1. The van der Waals surface area contributed by atoms with E-state index in [2.05, 4.69) is 52.5 Å². The summed E-state index contributed by atoms with van der Waals surface area (Å²) >= 11 is 0. The Morgan fingerprint density at radius 1 is 1.05 bits per heavy atom. The van der Waals surface area contributed by atoms with Gasteiger partial charge in [-0.3, -0.25) is 0 Å². The lowest BCUT2D eigenvalue weighted by molar-refractivity contribution is 0.584. The van der Waals surface area contributed by atoms with Crippen LogP contribution in [0.2, 0.25) is 0 Å². The molecule has 1 fully saturated rings. The van der Waals surface area contributed by atoms with Crippen molar-refractivity contribution in [1.82, 2.24) is 15.3 Å². The Balaban J connectivity index is 1.97. The zero-order valence-electron chi connectivity index (χ0n) is 12.1. The lowest BCUT2D eigenvalue weighted by atomic mass is 10.1. The first-order valence-corrected chi connectivity index (χ1v) is 7.11. The number of anilines is 1. The molecule has 3 rings (SSSR count). The highest BCUT2D eigenvalue weighted by Crippen LogP contribution is 2.21. The molecule has 2 aromatic rings. The summed E-state index contributed by atoms with van der Waals surface area (Å²) in [5, 5.41) is 3.37. The molecule has 0 bridgehead atoms. The number of nitrogens with one attached hydrogen (secondary N) is 1. The molecule has 4 nitrogen and oxygen atoms in total. The molecule has 0 saturated carbocycles. The Morgan fingerprint density at radius 3 is 2.60 bits per heavy atom. The first-order chi connectivity index (χ1) is 9.72. The fourth-order valence-electron chi connectivity index (χ4n) is 2.52. The highest BCUT2D eigenvalue weighted by molar-refractivity contribution is 5.59. The predicted octanol–water partition coefficient (Wildman–Crippen LogP) is 2.17. The van der Waals surface area contributed by atoms with E-state index in [0.717, 1.165) is 49.1 Å². The molecule has 0 unspecified atom stereocenters. The molecule has 20 heavy (non-hydrogen) atoms. The van der Waals surface area contributed by atoms with Crippen LogP contribution in [0.4, 0.5) is 5.82 Å². The second kappa shape index (κ2) is 5.59. The van der Waals surface area contributed by atoms with Crippen LogP contribution in [-0.2, 0) is 0 Å². The maximum Gasteiger partial charge on any atom is 0.161 e. The Hall–Kier alpha value is -1.94. The van der Waals surface area contributed by atoms with Crippen molar-refractivity contribution in [2.75, 3.05) is 31.1 Å². The first-order valence-electron chi connectivity index (χ1n) is 7.11. The fourth-order valence-corrected chi connectivity index (χ4v) is 2.52. The van der Waals surface area contributed by atoms with Gasteiger partial charge in [0.1, 0.15) is 5.82 Å². The van der Waals surface area contributed by atoms with Gasteiger partial charge >= 0.3 is 0 Å². The molecule has 1 aliphatic heterocycles. The molecule has 4 heteroatoms. The third kappa shape index (κ3) is 2.80. The van der Waals surface area contributed by atoms with Crippen molar-refractivity contribution in [3.05, 3.63) is 41.6 Å². The summed E-state index contributed by atoms with van der Waals surface area (Å²) < 4.78 is 0. The average Bonchev–Trinajstić information content (AvgIpc) is 2.47. The predicted molar refractivity (Wildman–Crippen MR) is 82.0 cm³/mol. The third-order valence-corrected chi connectivity index (χ3v) is 3.56. The molecular weight excluding hydrogens is 248 g/mol. The van der Waals surface area contributed by atoms with Gasteiger partial charge in [-0.25, -0.2) is 9.97 Å². The van der Waals surface area contributed by atoms with E-state index in [1.54, 1.807) is 0 Å². The van der Waals surface area contributed by atoms with E-state index in [1.807, 2.05) is 6.92 Å². The van der Waals surface area contributed by atoms with Crippen LogP contribution < -0.4 is 10.2 Å². The molecule has 1 aromatic heterocycles. The van der Waals surface area contributed by atoms with Gasteiger partial charge < -0.3 is 10.2 Å². The molecule has 0 atom stereocenters. The molecule has 0 spiro atoms. The average molecular weight is 268 g/mol. The summed E-state index contributed by atoms with van der Waals surface area (Å²) in [5.41, 5.74) is 3.34. The van der Waals surface area contributed by atoms with Crippen molar-refractivity contribution < 1.29 is 0 Å². The van der Waals surface area contributed by atoms with Crippen LogP contribution in [0.5, 0.6) is 0 Å². The van der Waals surface area contributed by atoms with Gasteiger partial charge in [0.25, 0.3) is 0 Å². The van der Waals surface area contributed by atoms with Gasteiger partial charge in [-0.05, 0) is 19.9 Å². The minimum Gasteiger partial charge on any atom is -0.354 e. The van der Waals surface area contributed by atoms with E-state index < -0.39 is 0 Å². The van der Waals surface area contributed by atoms with E-state index in [1.165, 1.54) is 5.56 Å². The zero-order valence-corrected chi connectivity index (χ0v) is 12.1. The molecule has 0 radical (unpaired) electrons. The van der Waals surface area contributed by atoms with E-state index in [-0.39, 0.29) is 0 Å². The van der Waals surface area contributed by atoms with Crippen LogP contribution in [0.15, 0.2) is 30.3 Å². The Bertz CT molecular complexity index is 603. The highest BCUT2D eigenvalue weighted by atomic mass is 15.2.